The number of hydrogen-bond acceptors (Lipinski definition) is 4. The van der Waals surface area contributed by atoms with Crippen molar-refractivity contribution >= 4 is 17.8 Å². The molecule has 8 nitrogen and oxygen atoms in total. The monoisotopic (exact) mass is 446 g/mol. The van der Waals surface area contributed by atoms with Gasteiger partial charge in [-0.1, -0.05) is 0 Å². The van der Waals surface area contributed by atoms with Gasteiger partial charge in [-0.3, -0.25) is 9.59 Å². The lowest BCUT2D eigenvalue weighted by Gasteiger charge is -2.38. The van der Waals surface area contributed by atoms with Gasteiger partial charge in [-0.25, -0.2) is 4.79 Å². The summed E-state index contributed by atoms with van der Waals surface area (Å²) in [6.45, 7) is 12.0. The minimum atomic E-state index is -0.627. The van der Waals surface area contributed by atoms with Gasteiger partial charge in [0, 0.05) is 37.3 Å². The molecule has 1 aliphatic heterocycles. The Kier molecular flexibility index (Phi) is 8.92. The van der Waals surface area contributed by atoms with Gasteiger partial charge in [0.05, 0.1) is 7.11 Å². The maximum absolute atomic E-state index is 13.3. The Hall–Kier alpha value is -2.77. The number of likely N-dealkylation sites (N-methyl/N-ethyl adjacent to an activating group) is 1. The van der Waals surface area contributed by atoms with E-state index in [9.17, 15) is 14.4 Å². The van der Waals surface area contributed by atoms with Gasteiger partial charge in [0.15, 0.2) is 0 Å². The average Bonchev–Trinajstić information content (AvgIpc) is 2.77. The van der Waals surface area contributed by atoms with E-state index in [2.05, 4.69) is 10.6 Å². The van der Waals surface area contributed by atoms with Crippen LogP contribution < -0.4 is 15.4 Å². The van der Waals surface area contributed by atoms with Crippen LogP contribution in [0.1, 0.15) is 57.8 Å². The molecule has 2 N–H and O–H groups in total. The van der Waals surface area contributed by atoms with Crippen molar-refractivity contribution in [2.45, 2.75) is 59.0 Å². The Bertz CT molecular complexity index is 776. The molecule has 4 amide bonds. The van der Waals surface area contributed by atoms with Gasteiger partial charge >= 0.3 is 6.03 Å². The number of methoxy groups -OCH3 is 1. The molecule has 0 radical (unpaired) electrons. The lowest BCUT2D eigenvalue weighted by atomic mass is 9.88. The molecule has 8 heteroatoms. The van der Waals surface area contributed by atoms with Crippen molar-refractivity contribution in [3.8, 4) is 5.75 Å². The molecule has 0 bridgehead atoms. The third kappa shape index (κ3) is 6.87. The summed E-state index contributed by atoms with van der Waals surface area (Å²) < 4.78 is 5.15. The standard InChI is InChI=1S/C24H38N4O4/c1-7-27(8-2)22(30)20(25-21(29)18-9-11-19(32-6)12-10-18)17-13-15-28(16-14-17)23(31)26-24(3,4)5/h9-12,17,20H,7-8,13-16H2,1-6H3,(H,25,29)(H,26,31)/t20-/m0/s1. The normalized spacial score (nSPS) is 15.6. The molecule has 1 aromatic carbocycles. The summed E-state index contributed by atoms with van der Waals surface area (Å²) in [6, 6.07) is 6.10. The topological polar surface area (TPSA) is 91.0 Å². The van der Waals surface area contributed by atoms with Gasteiger partial charge in [0.1, 0.15) is 11.8 Å². The van der Waals surface area contributed by atoms with E-state index in [1.807, 2.05) is 34.6 Å². The first kappa shape index (κ1) is 25.5. The minimum absolute atomic E-state index is 0.0380. The highest BCUT2D eigenvalue weighted by molar-refractivity contribution is 5.97. The van der Waals surface area contributed by atoms with Gasteiger partial charge in [0.25, 0.3) is 5.91 Å². The highest BCUT2D eigenvalue weighted by Gasteiger charge is 2.36. The van der Waals surface area contributed by atoms with Crippen molar-refractivity contribution in [1.29, 1.82) is 0 Å². The molecule has 1 atom stereocenters. The van der Waals surface area contributed by atoms with E-state index < -0.39 is 6.04 Å². The van der Waals surface area contributed by atoms with Crippen LogP contribution in [0.15, 0.2) is 24.3 Å². The van der Waals surface area contributed by atoms with Gasteiger partial charge in [-0.2, -0.15) is 0 Å². The molecular formula is C24H38N4O4. The first-order chi connectivity index (χ1) is 15.1. The van der Waals surface area contributed by atoms with Crippen molar-refractivity contribution in [3.05, 3.63) is 29.8 Å². The zero-order chi connectivity index (χ0) is 23.9. The maximum atomic E-state index is 13.3. The summed E-state index contributed by atoms with van der Waals surface area (Å²) in [5.41, 5.74) is 0.173. The molecule has 0 saturated carbocycles. The van der Waals surface area contributed by atoms with Crippen molar-refractivity contribution in [3.63, 3.8) is 0 Å². The van der Waals surface area contributed by atoms with E-state index in [-0.39, 0.29) is 29.3 Å². The van der Waals surface area contributed by atoms with Gasteiger partial charge in [-0.15, -0.1) is 0 Å². The minimum Gasteiger partial charge on any atom is -0.497 e. The van der Waals surface area contributed by atoms with Crippen molar-refractivity contribution in [2.75, 3.05) is 33.3 Å². The Morgan fingerprint density at radius 1 is 1.09 bits per heavy atom. The second kappa shape index (κ2) is 11.2. The fraction of sp³-hybridized carbons (Fsp3) is 0.625. The summed E-state index contributed by atoms with van der Waals surface area (Å²) in [7, 11) is 1.57. The van der Waals surface area contributed by atoms with Crippen LogP contribution in [0.4, 0.5) is 4.79 Å². The quantitative estimate of drug-likeness (QED) is 0.674. The van der Waals surface area contributed by atoms with Crippen LogP contribution in [0.2, 0.25) is 0 Å². The summed E-state index contributed by atoms with van der Waals surface area (Å²) in [5.74, 6) is 0.266. The van der Waals surface area contributed by atoms with E-state index in [1.165, 1.54) is 0 Å². The SMILES string of the molecule is CCN(CC)C(=O)[C@@H](NC(=O)c1ccc(OC)cc1)C1CCN(C(=O)NC(C)(C)C)CC1. The molecule has 1 heterocycles. The number of rotatable bonds is 7. The predicted octanol–water partition coefficient (Wildman–Crippen LogP) is 2.88. The second-order valence-corrected chi connectivity index (χ2v) is 9.19. The first-order valence-electron chi connectivity index (χ1n) is 11.4. The summed E-state index contributed by atoms with van der Waals surface area (Å²) in [5, 5.41) is 5.97. The number of piperidine rings is 1. The highest BCUT2D eigenvalue weighted by Crippen LogP contribution is 2.23. The molecule has 1 aromatic rings. The van der Waals surface area contributed by atoms with Crippen LogP contribution in [-0.2, 0) is 4.79 Å². The number of carbonyl (C=O) groups is 3. The molecule has 1 aliphatic rings. The molecule has 0 aromatic heterocycles. The molecule has 2 rings (SSSR count). The van der Waals surface area contributed by atoms with Crippen LogP contribution in [-0.4, -0.2) is 72.5 Å². The molecule has 1 fully saturated rings. The molecule has 178 valence electrons. The zero-order valence-corrected chi connectivity index (χ0v) is 20.2. The number of amides is 4. The van der Waals surface area contributed by atoms with E-state index in [0.29, 0.717) is 50.3 Å². The second-order valence-electron chi connectivity index (χ2n) is 9.19. The van der Waals surface area contributed by atoms with Crippen LogP contribution >= 0.6 is 0 Å². The fourth-order valence-electron chi connectivity index (χ4n) is 3.92. The van der Waals surface area contributed by atoms with Crippen LogP contribution in [0.5, 0.6) is 5.75 Å². The molecule has 0 aliphatic carbocycles. The number of nitrogens with zero attached hydrogens (tertiary/aromatic N) is 2. The van der Waals surface area contributed by atoms with E-state index in [4.69, 9.17) is 4.74 Å². The number of carbonyl (C=O) groups excluding carboxylic acids is 3. The molecule has 0 spiro atoms. The Balaban J connectivity index is 2.13. The lowest BCUT2D eigenvalue weighted by Crippen LogP contribution is -2.56. The number of likely N-dealkylation sites (tertiary alicyclic amines) is 1. The highest BCUT2D eigenvalue weighted by atomic mass is 16.5. The Labute approximate surface area is 191 Å². The molecule has 0 unspecified atom stereocenters. The third-order valence-corrected chi connectivity index (χ3v) is 5.76. The molecule has 32 heavy (non-hydrogen) atoms. The van der Waals surface area contributed by atoms with Crippen LogP contribution in [0.25, 0.3) is 0 Å². The van der Waals surface area contributed by atoms with E-state index >= 15 is 0 Å². The summed E-state index contributed by atoms with van der Waals surface area (Å²) in [4.78, 5) is 42.2. The fourth-order valence-corrected chi connectivity index (χ4v) is 3.92. The largest absolute Gasteiger partial charge is 0.497 e. The maximum Gasteiger partial charge on any atom is 0.317 e. The summed E-state index contributed by atoms with van der Waals surface area (Å²) in [6.07, 6.45) is 1.30. The van der Waals surface area contributed by atoms with Gasteiger partial charge in [-0.05, 0) is 77.6 Å². The van der Waals surface area contributed by atoms with E-state index in [1.54, 1.807) is 41.2 Å². The average molecular weight is 447 g/mol. The lowest BCUT2D eigenvalue weighted by molar-refractivity contribution is -0.134. The predicted molar refractivity (Wildman–Crippen MR) is 125 cm³/mol. The Morgan fingerprint density at radius 2 is 1.66 bits per heavy atom. The smallest absolute Gasteiger partial charge is 0.317 e. The number of ether oxygens (including phenoxy) is 1. The molecule has 1 saturated heterocycles. The Morgan fingerprint density at radius 3 is 2.12 bits per heavy atom. The van der Waals surface area contributed by atoms with E-state index in [0.717, 1.165) is 0 Å². The third-order valence-electron chi connectivity index (χ3n) is 5.76. The van der Waals surface area contributed by atoms with Gasteiger partial charge in [0.2, 0.25) is 5.91 Å². The summed E-state index contributed by atoms with van der Waals surface area (Å²) >= 11 is 0. The molecular weight excluding hydrogens is 408 g/mol. The van der Waals surface area contributed by atoms with Crippen LogP contribution in [0.3, 0.4) is 0 Å². The zero-order valence-electron chi connectivity index (χ0n) is 20.2. The number of nitrogens with one attached hydrogen (secondary N) is 2. The number of hydrogen-bond donors (Lipinski definition) is 2. The van der Waals surface area contributed by atoms with Crippen LogP contribution in [0, 0.1) is 5.92 Å². The van der Waals surface area contributed by atoms with Crippen molar-refractivity contribution < 1.29 is 19.1 Å². The van der Waals surface area contributed by atoms with Crippen molar-refractivity contribution in [2.24, 2.45) is 5.92 Å². The number of benzene rings is 1. The number of urea groups is 1. The van der Waals surface area contributed by atoms with Gasteiger partial charge < -0.3 is 25.2 Å². The van der Waals surface area contributed by atoms with Crippen molar-refractivity contribution in [1.82, 2.24) is 20.4 Å². The first-order valence-corrected chi connectivity index (χ1v) is 11.4.